The number of aliphatic hydroxyl groups is 1. The van der Waals surface area contributed by atoms with Crippen LogP contribution in [0.3, 0.4) is 0 Å². The average Bonchev–Trinajstić information content (AvgIpc) is 2.61. The molecule has 1 fully saturated rings. The number of piperidine rings is 1. The molecular weight excluding hydrogens is 341 g/mol. The molecule has 0 amide bonds. The summed E-state index contributed by atoms with van der Waals surface area (Å²) in [5.74, 6) is 0.399. The van der Waals surface area contributed by atoms with Crippen LogP contribution in [0.25, 0.3) is 0 Å². The van der Waals surface area contributed by atoms with Crippen LogP contribution in [0.2, 0.25) is 5.02 Å². The lowest BCUT2D eigenvalue weighted by Crippen LogP contribution is -2.37. The fourth-order valence-corrected chi connectivity index (χ4v) is 3.53. The van der Waals surface area contributed by atoms with Gasteiger partial charge in [-0.25, -0.2) is 4.39 Å². The van der Waals surface area contributed by atoms with Gasteiger partial charge in [-0.15, -0.1) is 0 Å². The van der Waals surface area contributed by atoms with E-state index in [0.29, 0.717) is 18.0 Å². The monoisotopic (exact) mass is 363 g/mol. The first-order chi connectivity index (χ1) is 12.0. The van der Waals surface area contributed by atoms with Gasteiger partial charge in [0.15, 0.2) is 0 Å². The minimum absolute atomic E-state index is 0.00350. The van der Waals surface area contributed by atoms with Crippen LogP contribution >= 0.6 is 11.6 Å². The van der Waals surface area contributed by atoms with Crippen LogP contribution in [0.5, 0.6) is 5.75 Å². The molecule has 3 rings (SSSR count). The van der Waals surface area contributed by atoms with Crippen molar-refractivity contribution in [3.8, 4) is 5.75 Å². The zero-order valence-electron chi connectivity index (χ0n) is 14.0. The lowest BCUT2D eigenvalue weighted by Gasteiger charge is -2.33. The number of aromatic hydroxyl groups is 1. The summed E-state index contributed by atoms with van der Waals surface area (Å²) in [5, 5.41) is 20.3. The molecule has 1 aliphatic heterocycles. The average molecular weight is 364 g/mol. The maximum Gasteiger partial charge on any atom is 0.134 e. The van der Waals surface area contributed by atoms with Crippen molar-refractivity contribution < 1.29 is 14.6 Å². The first-order valence-electron chi connectivity index (χ1n) is 8.64. The van der Waals surface area contributed by atoms with E-state index in [2.05, 4.69) is 4.90 Å². The Balaban J connectivity index is 1.48. The van der Waals surface area contributed by atoms with E-state index in [-0.39, 0.29) is 16.6 Å². The molecule has 3 nitrogen and oxygen atoms in total. The van der Waals surface area contributed by atoms with Gasteiger partial charge in [0.2, 0.25) is 0 Å². The topological polar surface area (TPSA) is 43.7 Å². The van der Waals surface area contributed by atoms with Crippen LogP contribution in [-0.2, 0) is 6.42 Å². The number of phenolic OH excluding ortho intramolecular Hbond substituents is 1. The molecule has 0 radical (unpaired) electrons. The molecule has 1 heterocycles. The zero-order chi connectivity index (χ0) is 17.8. The van der Waals surface area contributed by atoms with Gasteiger partial charge < -0.3 is 15.1 Å². The SMILES string of the molecule is Oc1cc(C(O)CN2CCC(Cc3ccc(F)cc3)CC2)ccc1Cl. The smallest absolute Gasteiger partial charge is 0.134 e. The van der Waals surface area contributed by atoms with Crippen LogP contribution in [0.15, 0.2) is 42.5 Å². The van der Waals surface area contributed by atoms with E-state index in [1.807, 2.05) is 12.1 Å². The predicted molar refractivity (Wildman–Crippen MR) is 97.3 cm³/mol. The molecular formula is C20H23ClFNO2. The molecule has 1 aliphatic rings. The zero-order valence-corrected chi connectivity index (χ0v) is 14.8. The highest BCUT2D eigenvalue weighted by atomic mass is 35.5. The second-order valence-corrected chi connectivity index (χ2v) is 7.21. The van der Waals surface area contributed by atoms with Crippen LogP contribution in [0, 0.1) is 11.7 Å². The van der Waals surface area contributed by atoms with Gasteiger partial charge in [-0.1, -0.05) is 29.8 Å². The molecule has 2 aromatic carbocycles. The number of nitrogens with zero attached hydrogens (tertiary/aromatic N) is 1. The molecule has 2 aromatic rings. The molecule has 0 saturated carbocycles. The van der Waals surface area contributed by atoms with E-state index in [9.17, 15) is 14.6 Å². The molecule has 25 heavy (non-hydrogen) atoms. The number of aliphatic hydroxyl groups excluding tert-OH is 1. The van der Waals surface area contributed by atoms with Crippen molar-refractivity contribution in [2.75, 3.05) is 19.6 Å². The van der Waals surface area contributed by atoms with Gasteiger partial charge in [-0.3, -0.25) is 0 Å². The Hall–Kier alpha value is -1.62. The molecule has 1 unspecified atom stereocenters. The van der Waals surface area contributed by atoms with Crippen molar-refractivity contribution in [3.63, 3.8) is 0 Å². The summed E-state index contributed by atoms with van der Waals surface area (Å²) in [6.45, 7) is 2.41. The van der Waals surface area contributed by atoms with Crippen LogP contribution < -0.4 is 0 Å². The quantitative estimate of drug-likeness (QED) is 0.837. The Kier molecular flexibility index (Phi) is 5.94. The largest absolute Gasteiger partial charge is 0.506 e. The normalized spacial score (nSPS) is 17.6. The second kappa shape index (κ2) is 8.17. The van der Waals surface area contributed by atoms with Crippen LogP contribution in [-0.4, -0.2) is 34.7 Å². The predicted octanol–water partition coefficient (Wildman–Crippen LogP) is 4.17. The Morgan fingerprint density at radius 1 is 1.12 bits per heavy atom. The van der Waals surface area contributed by atoms with E-state index in [1.165, 1.54) is 23.8 Å². The van der Waals surface area contributed by atoms with Crippen molar-refractivity contribution in [1.82, 2.24) is 4.90 Å². The highest BCUT2D eigenvalue weighted by Crippen LogP contribution is 2.28. The molecule has 5 heteroatoms. The highest BCUT2D eigenvalue weighted by molar-refractivity contribution is 6.32. The number of likely N-dealkylation sites (tertiary alicyclic amines) is 1. The first kappa shape index (κ1) is 18.2. The Morgan fingerprint density at radius 3 is 2.44 bits per heavy atom. The third kappa shape index (κ3) is 4.94. The summed E-state index contributed by atoms with van der Waals surface area (Å²) in [4.78, 5) is 2.25. The minimum atomic E-state index is -0.642. The van der Waals surface area contributed by atoms with E-state index >= 15 is 0 Å². The van der Waals surface area contributed by atoms with E-state index in [4.69, 9.17) is 11.6 Å². The summed E-state index contributed by atoms with van der Waals surface area (Å²) in [5.41, 5.74) is 1.85. The van der Waals surface area contributed by atoms with Crippen molar-refractivity contribution in [3.05, 3.63) is 64.4 Å². The van der Waals surface area contributed by atoms with Crippen molar-refractivity contribution >= 4 is 11.6 Å². The molecule has 0 aromatic heterocycles. The number of halogens is 2. The number of benzene rings is 2. The number of hydrogen-bond acceptors (Lipinski definition) is 3. The molecule has 1 atom stereocenters. The van der Waals surface area contributed by atoms with Crippen molar-refractivity contribution in [1.29, 1.82) is 0 Å². The van der Waals surface area contributed by atoms with Gasteiger partial charge in [0.1, 0.15) is 11.6 Å². The molecule has 0 bridgehead atoms. The third-order valence-electron chi connectivity index (χ3n) is 4.93. The first-order valence-corrected chi connectivity index (χ1v) is 9.02. The summed E-state index contributed by atoms with van der Waals surface area (Å²) in [7, 11) is 0. The maximum atomic E-state index is 13.0. The lowest BCUT2D eigenvalue weighted by molar-refractivity contribution is 0.0891. The number of hydrogen-bond donors (Lipinski definition) is 2. The Morgan fingerprint density at radius 2 is 1.80 bits per heavy atom. The third-order valence-corrected chi connectivity index (χ3v) is 5.25. The van der Waals surface area contributed by atoms with Crippen molar-refractivity contribution in [2.24, 2.45) is 5.92 Å². The summed E-state index contributed by atoms with van der Waals surface area (Å²) in [6.07, 6.45) is 2.46. The van der Waals surface area contributed by atoms with E-state index in [1.54, 1.807) is 12.1 Å². The number of phenols is 1. The maximum absolute atomic E-state index is 13.0. The molecule has 134 valence electrons. The molecule has 1 saturated heterocycles. The van der Waals surface area contributed by atoms with Gasteiger partial charge in [-0.2, -0.15) is 0 Å². The Bertz CT molecular complexity index is 699. The standard InChI is InChI=1S/C20H23ClFNO2/c21-18-6-3-16(12-19(18)24)20(25)13-23-9-7-15(8-10-23)11-14-1-4-17(22)5-2-14/h1-6,12,15,20,24-25H,7-11,13H2. The van der Waals surface area contributed by atoms with Gasteiger partial charge in [0.05, 0.1) is 11.1 Å². The number of β-amino-alcohol motifs (C(OH)–C–C–N with tert-alkyl or cyclic N) is 1. The van der Waals surface area contributed by atoms with Crippen LogP contribution in [0.4, 0.5) is 4.39 Å². The highest BCUT2D eigenvalue weighted by Gasteiger charge is 2.22. The fraction of sp³-hybridized carbons (Fsp3) is 0.400. The van der Waals surface area contributed by atoms with E-state index in [0.717, 1.165) is 32.4 Å². The lowest BCUT2D eigenvalue weighted by atomic mass is 9.90. The summed E-state index contributed by atoms with van der Waals surface area (Å²) in [6, 6.07) is 11.6. The molecule has 0 spiro atoms. The second-order valence-electron chi connectivity index (χ2n) is 6.80. The summed E-state index contributed by atoms with van der Waals surface area (Å²) >= 11 is 5.81. The van der Waals surface area contributed by atoms with Crippen molar-refractivity contribution in [2.45, 2.75) is 25.4 Å². The number of rotatable bonds is 5. The van der Waals surface area contributed by atoms with Gasteiger partial charge in [0.25, 0.3) is 0 Å². The fourth-order valence-electron chi connectivity index (χ4n) is 3.41. The van der Waals surface area contributed by atoms with Gasteiger partial charge in [-0.05, 0) is 73.7 Å². The molecule has 0 aliphatic carbocycles. The van der Waals surface area contributed by atoms with Gasteiger partial charge >= 0.3 is 0 Å². The summed E-state index contributed by atoms with van der Waals surface area (Å²) < 4.78 is 13.0. The molecule has 2 N–H and O–H groups in total. The van der Waals surface area contributed by atoms with Gasteiger partial charge in [0, 0.05) is 6.54 Å². The Labute approximate surface area is 152 Å². The van der Waals surface area contributed by atoms with E-state index < -0.39 is 6.10 Å². The minimum Gasteiger partial charge on any atom is -0.506 e. The van der Waals surface area contributed by atoms with Crippen LogP contribution in [0.1, 0.15) is 30.1 Å².